The number of carbonyl (C=O) groups is 2. The average molecular weight is 340 g/mol. The van der Waals surface area contributed by atoms with E-state index >= 15 is 0 Å². The van der Waals surface area contributed by atoms with Crippen molar-refractivity contribution in [3.63, 3.8) is 0 Å². The van der Waals surface area contributed by atoms with Gasteiger partial charge in [0.2, 0.25) is 5.91 Å². The third-order valence-electron chi connectivity index (χ3n) is 2.29. The maximum absolute atomic E-state index is 13.0. The first-order valence-corrected chi connectivity index (χ1v) is 5.91. The van der Waals surface area contributed by atoms with Gasteiger partial charge in [0, 0.05) is 19.7 Å². The topological polar surface area (TPSA) is 97.2 Å². The Hall–Kier alpha value is -1.65. The van der Waals surface area contributed by atoms with Gasteiger partial charge in [-0.3, -0.25) is 9.80 Å². The number of carbonyl (C=O) groups excluding carboxylic acids is 2. The van der Waals surface area contributed by atoms with Crippen molar-refractivity contribution in [1.82, 2.24) is 5.01 Å². The maximum Gasteiger partial charge on any atom is 1.00 e. The van der Waals surface area contributed by atoms with E-state index in [9.17, 15) is 27.9 Å². The van der Waals surface area contributed by atoms with Gasteiger partial charge in [0.1, 0.15) is 0 Å². The summed E-state index contributed by atoms with van der Waals surface area (Å²) in [5.74, 6) is -1.96. The van der Waals surface area contributed by atoms with Crippen LogP contribution in [-0.4, -0.2) is 30.5 Å². The number of hydrogen-bond donors (Lipinski definition) is 1. The van der Waals surface area contributed by atoms with Gasteiger partial charge in [-0.25, -0.2) is 0 Å². The molecule has 0 aliphatic heterocycles. The second kappa shape index (κ2) is 8.85. The van der Waals surface area contributed by atoms with Crippen molar-refractivity contribution in [2.45, 2.75) is 13.1 Å². The third kappa shape index (κ3) is 7.44. The number of nitrogens with one attached hydrogen (secondary N) is 1. The summed E-state index contributed by atoms with van der Waals surface area (Å²) in [7, 11) is 1.22. The molecule has 0 atom stereocenters. The van der Waals surface area contributed by atoms with E-state index in [2.05, 4.69) is 15.7 Å². The van der Waals surface area contributed by atoms with Crippen molar-refractivity contribution in [1.29, 1.82) is 0 Å². The number of aliphatic carboxylic acids is 1. The molecule has 7 nitrogen and oxygen atoms in total. The summed E-state index contributed by atoms with van der Waals surface area (Å²) in [6.45, 7) is 0.546. The zero-order chi connectivity index (χ0) is 16.9. The molecule has 120 valence electrons. The minimum absolute atomic E-state index is 0. The molecule has 1 amide bonds. The number of benzene rings is 1. The number of halogens is 3. The summed E-state index contributed by atoms with van der Waals surface area (Å²) < 4.78 is 38.9. The van der Waals surface area contributed by atoms with Crippen molar-refractivity contribution in [3.05, 3.63) is 23.8 Å². The molecule has 0 bridgehead atoms. The molecular weight excluding hydrogens is 328 g/mol. The standard InChI is InChI=1S/C12H13F3N4O3.Na/c1-7(20)16-8-3-4-10(9(5-8)12(13,14)15)17-18-19(2)6-11(21)22;/h3-5H,6H2,1-2H3,(H,16,20)(H,21,22);/q;+1/p-1. The van der Waals surface area contributed by atoms with Gasteiger partial charge in [0.05, 0.1) is 23.8 Å². The van der Waals surface area contributed by atoms with Crippen LogP contribution in [0.1, 0.15) is 12.5 Å². The Bertz CT molecular complexity index is 608. The maximum atomic E-state index is 13.0. The fraction of sp³-hybridized carbons (Fsp3) is 0.333. The van der Waals surface area contributed by atoms with Crippen LogP contribution in [0.3, 0.4) is 0 Å². The van der Waals surface area contributed by atoms with Gasteiger partial charge in [0.25, 0.3) is 0 Å². The van der Waals surface area contributed by atoms with E-state index < -0.39 is 35.8 Å². The largest absolute Gasteiger partial charge is 1.00 e. The van der Waals surface area contributed by atoms with Crippen LogP contribution in [0.5, 0.6) is 0 Å². The van der Waals surface area contributed by atoms with E-state index in [1.165, 1.54) is 13.1 Å². The first-order chi connectivity index (χ1) is 10.1. The van der Waals surface area contributed by atoms with Crippen molar-refractivity contribution in [3.8, 4) is 0 Å². The van der Waals surface area contributed by atoms with Crippen LogP contribution in [0.25, 0.3) is 0 Å². The fourth-order valence-corrected chi connectivity index (χ4v) is 1.47. The molecule has 0 unspecified atom stereocenters. The molecular formula is C12H12F3N4NaO3. The predicted molar refractivity (Wildman–Crippen MR) is 67.9 cm³/mol. The second-order valence-electron chi connectivity index (χ2n) is 4.29. The molecule has 0 aromatic heterocycles. The number of carboxylic acids is 1. The molecule has 1 aromatic rings. The van der Waals surface area contributed by atoms with E-state index in [0.717, 1.165) is 18.0 Å². The molecule has 1 N–H and O–H groups in total. The minimum Gasteiger partial charge on any atom is -0.548 e. The first-order valence-electron chi connectivity index (χ1n) is 5.91. The molecule has 1 aromatic carbocycles. The van der Waals surface area contributed by atoms with Gasteiger partial charge in [-0.1, -0.05) is 5.22 Å². The van der Waals surface area contributed by atoms with E-state index in [4.69, 9.17) is 0 Å². The summed E-state index contributed by atoms with van der Waals surface area (Å²) in [5.41, 5.74) is -1.65. The van der Waals surface area contributed by atoms with Gasteiger partial charge in [0.15, 0.2) is 0 Å². The Morgan fingerprint density at radius 1 is 1.35 bits per heavy atom. The summed E-state index contributed by atoms with van der Waals surface area (Å²) in [6.07, 6.45) is -4.71. The molecule has 0 saturated carbocycles. The molecule has 0 spiro atoms. The van der Waals surface area contributed by atoms with Crippen LogP contribution in [0.4, 0.5) is 24.5 Å². The van der Waals surface area contributed by atoms with Gasteiger partial charge >= 0.3 is 35.7 Å². The Morgan fingerprint density at radius 2 is 1.96 bits per heavy atom. The smallest absolute Gasteiger partial charge is 0.548 e. The summed E-state index contributed by atoms with van der Waals surface area (Å²) in [6, 6.07) is 2.96. The Kier molecular flexibility index (Phi) is 8.21. The van der Waals surface area contributed by atoms with E-state index in [1.54, 1.807) is 0 Å². The molecule has 23 heavy (non-hydrogen) atoms. The number of alkyl halides is 3. The Balaban J connectivity index is 0.00000484. The number of rotatable bonds is 5. The molecule has 0 saturated heterocycles. The molecule has 0 aliphatic rings. The van der Waals surface area contributed by atoms with Crippen molar-refractivity contribution < 1.29 is 57.4 Å². The van der Waals surface area contributed by atoms with Crippen LogP contribution in [-0.2, 0) is 15.8 Å². The molecule has 0 aliphatic carbocycles. The zero-order valence-corrected chi connectivity index (χ0v) is 14.6. The van der Waals surface area contributed by atoms with E-state index in [0.29, 0.717) is 6.07 Å². The average Bonchev–Trinajstić information content (AvgIpc) is 2.34. The van der Waals surface area contributed by atoms with Gasteiger partial charge in [-0.2, -0.15) is 13.2 Å². The van der Waals surface area contributed by atoms with Gasteiger partial charge in [-0.05, 0) is 18.2 Å². The van der Waals surface area contributed by atoms with Crippen molar-refractivity contribution in [2.75, 3.05) is 18.9 Å². The van der Waals surface area contributed by atoms with E-state index in [1.807, 2.05) is 0 Å². The normalized spacial score (nSPS) is 11.0. The number of hydrogen-bond acceptors (Lipinski definition) is 5. The molecule has 0 fully saturated rings. The van der Waals surface area contributed by atoms with Crippen LogP contribution in [0.2, 0.25) is 0 Å². The van der Waals surface area contributed by atoms with Crippen LogP contribution < -0.4 is 40.0 Å². The third-order valence-corrected chi connectivity index (χ3v) is 2.29. The molecule has 1 rings (SSSR count). The predicted octanol–water partition coefficient (Wildman–Crippen LogP) is -1.65. The number of amides is 1. The first kappa shape index (κ1) is 21.4. The second-order valence-corrected chi connectivity index (χ2v) is 4.29. The SMILES string of the molecule is CC(=O)Nc1ccc(N=NN(C)CC(=O)[O-])c(C(F)(F)F)c1.[Na+]. The molecule has 0 heterocycles. The summed E-state index contributed by atoms with van der Waals surface area (Å²) in [5, 5.41) is 20.1. The number of nitrogens with zero attached hydrogens (tertiary/aromatic N) is 3. The minimum atomic E-state index is -4.71. The fourth-order valence-electron chi connectivity index (χ4n) is 1.47. The van der Waals surface area contributed by atoms with Crippen LogP contribution in [0, 0.1) is 0 Å². The molecule has 11 heteroatoms. The van der Waals surface area contributed by atoms with E-state index in [-0.39, 0.29) is 35.2 Å². The van der Waals surface area contributed by atoms with Crippen LogP contribution in [0.15, 0.2) is 28.5 Å². The van der Waals surface area contributed by atoms with Crippen LogP contribution >= 0.6 is 0 Å². The number of anilines is 1. The summed E-state index contributed by atoms with van der Waals surface area (Å²) >= 11 is 0. The number of carboxylic acid groups (broad SMARTS) is 1. The zero-order valence-electron chi connectivity index (χ0n) is 12.6. The van der Waals surface area contributed by atoms with Gasteiger partial charge in [-0.15, -0.1) is 5.11 Å². The van der Waals surface area contributed by atoms with Gasteiger partial charge < -0.3 is 15.2 Å². The van der Waals surface area contributed by atoms with Crippen molar-refractivity contribution >= 4 is 23.3 Å². The van der Waals surface area contributed by atoms with Crippen molar-refractivity contribution in [2.24, 2.45) is 10.3 Å². The quantitative estimate of drug-likeness (QED) is 0.394. The molecule has 0 radical (unpaired) electrons. The summed E-state index contributed by atoms with van der Waals surface area (Å²) in [4.78, 5) is 21.2. The monoisotopic (exact) mass is 340 g/mol. The Morgan fingerprint density at radius 3 is 2.43 bits per heavy atom. The Labute approximate surface area is 151 Å². The number of likely N-dealkylation sites (N-methyl/N-ethyl adjacent to an activating group) is 1.